The molecule has 1 aromatic carbocycles. The highest BCUT2D eigenvalue weighted by molar-refractivity contribution is 9.08. The third kappa shape index (κ3) is 3.63. The lowest BCUT2D eigenvalue weighted by molar-refractivity contribution is -0.0506. The number of esters is 1. The van der Waals surface area contributed by atoms with Crippen LogP contribution in [0.4, 0.5) is 13.2 Å². The van der Waals surface area contributed by atoms with Crippen molar-refractivity contribution in [1.29, 1.82) is 0 Å². The van der Waals surface area contributed by atoms with Gasteiger partial charge in [0.1, 0.15) is 17.1 Å². The summed E-state index contributed by atoms with van der Waals surface area (Å²) in [6, 6.07) is 1.78. The van der Waals surface area contributed by atoms with E-state index >= 15 is 0 Å². The van der Waals surface area contributed by atoms with Crippen molar-refractivity contribution in [3.05, 3.63) is 29.1 Å². The van der Waals surface area contributed by atoms with E-state index in [9.17, 15) is 18.0 Å². The molecule has 0 radical (unpaired) electrons. The molecule has 0 bridgehead atoms. The minimum Gasteiger partial charge on any atom is -0.462 e. The summed E-state index contributed by atoms with van der Waals surface area (Å²) in [5.41, 5.74) is -0.0143. The Bertz CT molecular complexity index is 438. The number of ether oxygens (including phenoxy) is 2. The van der Waals surface area contributed by atoms with Gasteiger partial charge < -0.3 is 9.47 Å². The second kappa shape index (κ2) is 6.63. The Kier molecular flexibility index (Phi) is 5.46. The molecule has 0 heterocycles. The Balaban J connectivity index is 3.27. The van der Waals surface area contributed by atoms with Crippen LogP contribution in [0.5, 0.6) is 5.75 Å². The van der Waals surface area contributed by atoms with Crippen LogP contribution in [0.2, 0.25) is 0 Å². The summed E-state index contributed by atoms with van der Waals surface area (Å²) >= 11 is 3.04. The molecule has 0 aliphatic carbocycles. The second-order valence-electron chi connectivity index (χ2n) is 3.17. The summed E-state index contributed by atoms with van der Waals surface area (Å²) in [6.45, 7) is -1.50. The molecule has 18 heavy (non-hydrogen) atoms. The van der Waals surface area contributed by atoms with Crippen LogP contribution in [-0.4, -0.2) is 19.2 Å². The highest BCUT2D eigenvalue weighted by Gasteiger charge is 2.22. The molecule has 0 spiro atoms. The fourth-order valence-electron chi connectivity index (χ4n) is 1.37. The Hall–Kier alpha value is -1.24. The maximum Gasteiger partial charge on any atom is 0.387 e. The number of hydrogen-bond acceptors (Lipinski definition) is 3. The number of carbonyl (C=O) groups is 1. The molecule has 0 fully saturated rings. The predicted molar refractivity (Wildman–Crippen MR) is 61.6 cm³/mol. The minimum absolute atomic E-state index is 0.0755. The van der Waals surface area contributed by atoms with Crippen LogP contribution < -0.4 is 4.74 Å². The first-order chi connectivity index (χ1) is 8.49. The zero-order chi connectivity index (χ0) is 13.7. The Labute approximate surface area is 110 Å². The summed E-state index contributed by atoms with van der Waals surface area (Å²) in [5.74, 6) is -2.13. The summed E-state index contributed by atoms with van der Waals surface area (Å²) < 4.78 is 46.5. The number of rotatable bonds is 5. The maximum atomic E-state index is 13.2. The van der Waals surface area contributed by atoms with Gasteiger partial charge in [0.15, 0.2) is 0 Å². The first kappa shape index (κ1) is 14.8. The van der Waals surface area contributed by atoms with Crippen LogP contribution in [-0.2, 0) is 10.1 Å². The molecule has 0 N–H and O–H groups in total. The maximum absolute atomic E-state index is 13.2. The van der Waals surface area contributed by atoms with Gasteiger partial charge in [0, 0.05) is 11.4 Å². The molecule has 0 saturated carbocycles. The van der Waals surface area contributed by atoms with Gasteiger partial charge >= 0.3 is 12.6 Å². The lowest BCUT2D eigenvalue weighted by atomic mass is 10.1. The van der Waals surface area contributed by atoms with E-state index in [4.69, 9.17) is 4.74 Å². The van der Waals surface area contributed by atoms with Gasteiger partial charge in [-0.05, 0) is 18.6 Å². The van der Waals surface area contributed by atoms with E-state index in [1.165, 1.54) is 0 Å². The van der Waals surface area contributed by atoms with E-state index in [2.05, 4.69) is 20.7 Å². The second-order valence-corrected chi connectivity index (χ2v) is 3.73. The predicted octanol–water partition coefficient (Wildman–Crippen LogP) is 3.50. The fraction of sp³-hybridized carbons (Fsp3) is 0.364. The molecule has 7 heteroatoms. The summed E-state index contributed by atoms with van der Waals surface area (Å²) in [6.07, 6.45) is 0. The Morgan fingerprint density at radius 2 is 2.11 bits per heavy atom. The number of alkyl halides is 3. The van der Waals surface area contributed by atoms with Crippen LogP contribution >= 0.6 is 15.9 Å². The fourth-order valence-corrected chi connectivity index (χ4v) is 1.81. The average molecular weight is 327 g/mol. The standard InChI is InChI=1S/C11H10BrF3O3/c1-2-17-10(16)9-6(5-12)3-7(13)4-8(9)18-11(14)15/h3-4,11H,2,5H2,1H3. The van der Waals surface area contributed by atoms with E-state index in [0.29, 0.717) is 0 Å². The highest BCUT2D eigenvalue weighted by Crippen LogP contribution is 2.28. The van der Waals surface area contributed by atoms with Gasteiger partial charge in [0.2, 0.25) is 0 Å². The van der Waals surface area contributed by atoms with Crippen LogP contribution in [0.3, 0.4) is 0 Å². The largest absolute Gasteiger partial charge is 0.462 e. The first-order valence-electron chi connectivity index (χ1n) is 4.99. The lowest BCUT2D eigenvalue weighted by Gasteiger charge is -2.13. The van der Waals surface area contributed by atoms with Crippen LogP contribution in [0.25, 0.3) is 0 Å². The van der Waals surface area contributed by atoms with Gasteiger partial charge in [-0.25, -0.2) is 9.18 Å². The molecule has 0 amide bonds. The SMILES string of the molecule is CCOC(=O)c1c(CBr)cc(F)cc1OC(F)F. The molecular formula is C11H10BrF3O3. The molecule has 1 aromatic rings. The molecule has 0 saturated heterocycles. The van der Waals surface area contributed by atoms with Crippen LogP contribution in [0.15, 0.2) is 12.1 Å². The average Bonchev–Trinajstić information content (AvgIpc) is 2.27. The van der Waals surface area contributed by atoms with Gasteiger partial charge in [-0.2, -0.15) is 8.78 Å². The van der Waals surface area contributed by atoms with E-state index in [1.54, 1.807) is 6.92 Å². The Morgan fingerprint density at radius 3 is 2.61 bits per heavy atom. The van der Waals surface area contributed by atoms with Crippen molar-refractivity contribution >= 4 is 21.9 Å². The highest BCUT2D eigenvalue weighted by atomic mass is 79.9. The Morgan fingerprint density at radius 1 is 1.44 bits per heavy atom. The van der Waals surface area contributed by atoms with E-state index in [-0.39, 0.29) is 23.1 Å². The number of halogens is 4. The van der Waals surface area contributed by atoms with Crippen molar-refractivity contribution in [1.82, 2.24) is 0 Å². The molecule has 0 atom stereocenters. The van der Waals surface area contributed by atoms with Gasteiger partial charge in [-0.15, -0.1) is 0 Å². The summed E-state index contributed by atoms with van der Waals surface area (Å²) in [5, 5.41) is 0.110. The first-order valence-corrected chi connectivity index (χ1v) is 6.12. The lowest BCUT2D eigenvalue weighted by Crippen LogP contribution is -2.13. The van der Waals surface area contributed by atoms with Crippen LogP contribution in [0.1, 0.15) is 22.8 Å². The van der Waals surface area contributed by atoms with E-state index < -0.39 is 24.1 Å². The summed E-state index contributed by atoms with van der Waals surface area (Å²) in [4.78, 5) is 11.6. The molecule has 3 nitrogen and oxygen atoms in total. The quantitative estimate of drug-likeness (QED) is 0.613. The zero-order valence-corrected chi connectivity index (χ0v) is 11.0. The summed E-state index contributed by atoms with van der Waals surface area (Å²) in [7, 11) is 0. The smallest absolute Gasteiger partial charge is 0.387 e. The number of hydrogen-bond donors (Lipinski definition) is 0. The number of benzene rings is 1. The van der Waals surface area contributed by atoms with Gasteiger partial charge in [-0.1, -0.05) is 15.9 Å². The topological polar surface area (TPSA) is 35.5 Å². The third-order valence-electron chi connectivity index (χ3n) is 1.99. The van der Waals surface area contributed by atoms with Crippen molar-refractivity contribution < 1.29 is 27.4 Å². The number of carbonyl (C=O) groups excluding carboxylic acids is 1. The third-order valence-corrected chi connectivity index (χ3v) is 2.59. The van der Waals surface area contributed by atoms with Crippen molar-refractivity contribution in [2.24, 2.45) is 0 Å². The van der Waals surface area contributed by atoms with Crippen molar-refractivity contribution in [3.8, 4) is 5.75 Å². The van der Waals surface area contributed by atoms with Gasteiger partial charge in [0.05, 0.1) is 6.61 Å². The molecule has 0 aliphatic rings. The minimum atomic E-state index is -3.15. The van der Waals surface area contributed by atoms with E-state index in [1.807, 2.05) is 0 Å². The van der Waals surface area contributed by atoms with Crippen molar-refractivity contribution in [2.45, 2.75) is 18.9 Å². The zero-order valence-electron chi connectivity index (χ0n) is 9.38. The van der Waals surface area contributed by atoms with Crippen LogP contribution in [0, 0.1) is 5.82 Å². The van der Waals surface area contributed by atoms with E-state index in [0.717, 1.165) is 12.1 Å². The molecule has 0 aromatic heterocycles. The van der Waals surface area contributed by atoms with Crippen molar-refractivity contribution in [3.63, 3.8) is 0 Å². The molecule has 1 rings (SSSR count). The molecular weight excluding hydrogens is 317 g/mol. The molecule has 100 valence electrons. The molecule has 0 aliphatic heterocycles. The molecule has 0 unspecified atom stereocenters. The van der Waals surface area contributed by atoms with Gasteiger partial charge in [-0.3, -0.25) is 0 Å². The van der Waals surface area contributed by atoms with Crippen molar-refractivity contribution in [2.75, 3.05) is 6.61 Å². The monoisotopic (exact) mass is 326 g/mol. The normalized spacial score (nSPS) is 10.6. The van der Waals surface area contributed by atoms with Gasteiger partial charge in [0.25, 0.3) is 0 Å².